The number of ether oxygens (including phenoxy) is 1. The van der Waals surface area contributed by atoms with Crippen molar-refractivity contribution in [3.63, 3.8) is 0 Å². The average molecular weight is 231 g/mol. The molecular weight excluding hydrogens is 202 g/mol. The molecule has 0 radical (unpaired) electrons. The Hall–Kier alpha value is -0.120. The van der Waals surface area contributed by atoms with Crippen LogP contribution in [0.4, 0.5) is 0 Å². The lowest BCUT2D eigenvalue weighted by atomic mass is 10.1. The van der Waals surface area contributed by atoms with Crippen molar-refractivity contribution in [1.29, 1.82) is 0 Å². The molecule has 1 atom stereocenters. The van der Waals surface area contributed by atoms with E-state index in [1.807, 2.05) is 0 Å². The van der Waals surface area contributed by atoms with E-state index in [2.05, 4.69) is 32.6 Å². The molecule has 0 spiro atoms. The van der Waals surface area contributed by atoms with Gasteiger partial charge in [-0.15, -0.1) is 0 Å². The first kappa shape index (κ1) is 15.9. The number of hydrogen-bond donors (Lipinski definition) is 1. The molecule has 0 aromatic rings. The van der Waals surface area contributed by atoms with Gasteiger partial charge in [-0.25, -0.2) is 0 Å². The Labute approximate surface area is 101 Å². The van der Waals surface area contributed by atoms with Crippen LogP contribution in [0, 0.1) is 5.92 Å². The SMILES string of the molecule is CCC(CC)N(CC(C)C)CC(O)COC. The van der Waals surface area contributed by atoms with Crippen LogP contribution >= 0.6 is 0 Å². The molecule has 16 heavy (non-hydrogen) atoms. The van der Waals surface area contributed by atoms with E-state index < -0.39 is 0 Å². The number of hydrogen-bond acceptors (Lipinski definition) is 3. The number of aliphatic hydroxyl groups excluding tert-OH is 1. The summed E-state index contributed by atoms with van der Waals surface area (Å²) in [5.74, 6) is 0.635. The third kappa shape index (κ3) is 6.46. The fraction of sp³-hybridized carbons (Fsp3) is 1.00. The van der Waals surface area contributed by atoms with Crippen molar-refractivity contribution in [2.24, 2.45) is 5.92 Å². The number of nitrogens with zero attached hydrogens (tertiary/aromatic N) is 1. The predicted molar refractivity (Wildman–Crippen MR) is 68.7 cm³/mol. The van der Waals surface area contributed by atoms with E-state index in [9.17, 15) is 5.11 Å². The minimum atomic E-state index is -0.371. The van der Waals surface area contributed by atoms with Crippen LogP contribution in [0.25, 0.3) is 0 Å². The Bertz CT molecular complexity index is 158. The van der Waals surface area contributed by atoms with Gasteiger partial charge in [0.2, 0.25) is 0 Å². The highest BCUT2D eigenvalue weighted by Gasteiger charge is 2.19. The Morgan fingerprint density at radius 2 is 1.69 bits per heavy atom. The highest BCUT2D eigenvalue weighted by Crippen LogP contribution is 2.12. The molecule has 0 aliphatic rings. The maximum Gasteiger partial charge on any atom is 0.0900 e. The van der Waals surface area contributed by atoms with Crippen molar-refractivity contribution in [2.45, 2.75) is 52.7 Å². The zero-order valence-electron chi connectivity index (χ0n) is 11.6. The molecule has 0 aliphatic heterocycles. The average Bonchev–Trinajstić information content (AvgIpc) is 2.18. The van der Waals surface area contributed by atoms with Gasteiger partial charge in [0.05, 0.1) is 12.7 Å². The van der Waals surface area contributed by atoms with Crippen LogP contribution in [-0.4, -0.2) is 49.0 Å². The molecule has 3 heteroatoms. The molecule has 3 nitrogen and oxygen atoms in total. The maximum atomic E-state index is 9.81. The smallest absolute Gasteiger partial charge is 0.0900 e. The molecule has 0 fully saturated rings. The summed E-state index contributed by atoms with van der Waals surface area (Å²) in [5, 5.41) is 9.81. The summed E-state index contributed by atoms with van der Waals surface area (Å²) < 4.78 is 4.98. The molecule has 0 amide bonds. The highest BCUT2D eigenvalue weighted by molar-refractivity contribution is 4.73. The predicted octanol–water partition coefficient (Wildman–Crippen LogP) is 2.14. The van der Waals surface area contributed by atoms with Gasteiger partial charge < -0.3 is 9.84 Å². The molecule has 0 bridgehead atoms. The van der Waals surface area contributed by atoms with E-state index in [1.54, 1.807) is 7.11 Å². The first-order chi connectivity index (χ1) is 7.54. The minimum absolute atomic E-state index is 0.371. The van der Waals surface area contributed by atoms with Gasteiger partial charge in [-0.3, -0.25) is 4.90 Å². The Balaban J connectivity index is 4.28. The van der Waals surface area contributed by atoms with Crippen LogP contribution in [0.3, 0.4) is 0 Å². The first-order valence-electron chi connectivity index (χ1n) is 6.46. The summed E-state index contributed by atoms with van der Waals surface area (Å²) in [6, 6.07) is 0.578. The molecule has 0 aromatic carbocycles. The van der Waals surface area contributed by atoms with Crippen LogP contribution in [0.5, 0.6) is 0 Å². The fourth-order valence-electron chi connectivity index (χ4n) is 2.16. The standard InChI is InChI=1S/C13H29NO2/c1-6-12(7-2)14(8-11(3)4)9-13(15)10-16-5/h11-13,15H,6-10H2,1-5H3. The fourth-order valence-corrected chi connectivity index (χ4v) is 2.16. The van der Waals surface area contributed by atoms with Gasteiger partial charge in [0.25, 0.3) is 0 Å². The quantitative estimate of drug-likeness (QED) is 0.660. The molecule has 1 N–H and O–H groups in total. The van der Waals surface area contributed by atoms with Crippen molar-refractivity contribution in [3.05, 3.63) is 0 Å². The Morgan fingerprint density at radius 1 is 1.12 bits per heavy atom. The van der Waals surface area contributed by atoms with Gasteiger partial charge in [-0.05, 0) is 18.8 Å². The Morgan fingerprint density at radius 3 is 2.06 bits per heavy atom. The second kappa shape index (κ2) is 8.97. The third-order valence-corrected chi connectivity index (χ3v) is 2.86. The van der Waals surface area contributed by atoms with Gasteiger partial charge >= 0.3 is 0 Å². The van der Waals surface area contributed by atoms with Crippen molar-refractivity contribution in [3.8, 4) is 0 Å². The molecule has 0 saturated carbocycles. The lowest BCUT2D eigenvalue weighted by Crippen LogP contribution is -2.43. The second-order valence-corrected chi connectivity index (χ2v) is 4.93. The van der Waals surface area contributed by atoms with Crippen LogP contribution in [0.1, 0.15) is 40.5 Å². The number of methoxy groups -OCH3 is 1. The summed E-state index contributed by atoms with van der Waals surface area (Å²) in [6.45, 7) is 11.1. The van der Waals surface area contributed by atoms with E-state index in [1.165, 1.54) is 0 Å². The molecule has 1 unspecified atom stereocenters. The van der Waals surface area contributed by atoms with E-state index in [-0.39, 0.29) is 6.10 Å². The normalized spacial score (nSPS) is 14.1. The van der Waals surface area contributed by atoms with Crippen molar-refractivity contribution >= 4 is 0 Å². The van der Waals surface area contributed by atoms with E-state index in [0.29, 0.717) is 18.6 Å². The maximum absolute atomic E-state index is 9.81. The number of rotatable bonds is 9. The van der Waals surface area contributed by atoms with E-state index >= 15 is 0 Å². The van der Waals surface area contributed by atoms with Crippen LogP contribution in [0.2, 0.25) is 0 Å². The van der Waals surface area contributed by atoms with E-state index in [4.69, 9.17) is 4.74 Å². The lowest BCUT2D eigenvalue weighted by Gasteiger charge is -2.33. The van der Waals surface area contributed by atoms with E-state index in [0.717, 1.165) is 25.9 Å². The largest absolute Gasteiger partial charge is 0.389 e. The van der Waals surface area contributed by atoms with Crippen molar-refractivity contribution in [2.75, 3.05) is 26.8 Å². The van der Waals surface area contributed by atoms with Crippen LogP contribution < -0.4 is 0 Å². The molecule has 0 heterocycles. The lowest BCUT2D eigenvalue weighted by molar-refractivity contribution is 0.0217. The van der Waals surface area contributed by atoms with Crippen LogP contribution in [0.15, 0.2) is 0 Å². The third-order valence-electron chi connectivity index (χ3n) is 2.86. The van der Waals surface area contributed by atoms with Gasteiger partial charge in [0.1, 0.15) is 0 Å². The van der Waals surface area contributed by atoms with Gasteiger partial charge in [-0.1, -0.05) is 27.7 Å². The minimum Gasteiger partial charge on any atom is -0.389 e. The highest BCUT2D eigenvalue weighted by atomic mass is 16.5. The van der Waals surface area contributed by atoms with Crippen molar-refractivity contribution in [1.82, 2.24) is 4.90 Å². The topological polar surface area (TPSA) is 32.7 Å². The second-order valence-electron chi connectivity index (χ2n) is 4.93. The summed E-state index contributed by atoms with van der Waals surface area (Å²) >= 11 is 0. The monoisotopic (exact) mass is 231 g/mol. The van der Waals surface area contributed by atoms with Crippen LogP contribution in [-0.2, 0) is 4.74 Å². The summed E-state index contributed by atoms with van der Waals surface area (Å²) in [5.41, 5.74) is 0. The summed E-state index contributed by atoms with van der Waals surface area (Å²) in [7, 11) is 1.63. The molecule has 0 aromatic heterocycles. The van der Waals surface area contributed by atoms with Gasteiger partial charge in [-0.2, -0.15) is 0 Å². The molecule has 98 valence electrons. The van der Waals surface area contributed by atoms with Gasteiger partial charge in [0.15, 0.2) is 0 Å². The molecule has 0 saturated heterocycles. The number of aliphatic hydroxyl groups is 1. The first-order valence-corrected chi connectivity index (χ1v) is 6.46. The van der Waals surface area contributed by atoms with Crippen molar-refractivity contribution < 1.29 is 9.84 Å². The summed E-state index contributed by atoms with van der Waals surface area (Å²) in [4.78, 5) is 2.40. The zero-order chi connectivity index (χ0) is 12.6. The van der Waals surface area contributed by atoms with Gasteiger partial charge in [0, 0.05) is 26.2 Å². The zero-order valence-corrected chi connectivity index (χ0v) is 11.6. The summed E-state index contributed by atoms with van der Waals surface area (Å²) in [6.07, 6.45) is 1.91. The molecule has 0 rings (SSSR count). The molecular formula is C13H29NO2. The Kier molecular flexibility index (Phi) is 8.90. The molecule has 0 aliphatic carbocycles.